The molecule has 0 unspecified atom stereocenters. The van der Waals surface area contributed by atoms with Crippen molar-refractivity contribution >= 4 is 28.6 Å². The fraction of sp³-hybridized carbons (Fsp3) is 0.304. The molecule has 0 aliphatic carbocycles. The van der Waals surface area contributed by atoms with E-state index in [4.69, 9.17) is 4.74 Å². The van der Waals surface area contributed by atoms with Gasteiger partial charge in [-0.3, -0.25) is 25.2 Å². The van der Waals surface area contributed by atoms with Crippen molar-refractivity contribution in [2.45, 2.75) is 39.7 Å². The SMILES string of the molecule is CCOc1ccc(C(=O)CCC(=O)NNC(=O)Cn2c(CC)nc3ccccc32)cc1. The molecule has 8 heteroatoms. The molecule has 0 aliphatic heterocycles. The summed E-state index contributed by atoms with van der Waals surface area (Å²) in [5.41, 5.74) is 6.97. The van der Waals surface area contributed by atoms with E-state index in [2.05, 4.69) is 15.8 Å². The van der Waals surface area contributed by atoms with E-state index in [1.165, 1.54) is 0 Å². The summed E-state index contributed by atoms with van der Waals surface area (Å²) in [6.07, 6.45) is 0.699. The summed E-state index contributed by atoms with van der Waals surface area (Å²) in [6.45, 7) is 4.45. The normalized spacial score (nSPS) is 10.6. The highest BCUT2D eigenvalue weighted by Crippen LogP contribution is 2.16. The molecule has 8 nitrogen and oxygen atoms in total. The smallest absolute Gasteiger partial charge is 0.258 e. The molecule has 2 aromatic carbocycles. The van der Waals surface area contributed by atoms with Crippen LogP contribution in [-0.2, 0) is 22.6 Å². The molecule has 162 valence electrons. The number of ketones is 1. The lowest BCUT2D eigenvalue weighted by Crippen LogP contribution is -2.43. The van der Waals surface area contributed by atoms with Crippen molar-refractivity contribution in [2.24, 2.45) is 0 Å². The molecular formula is C23H26N4O4. The van der Waals surface area contributed by atoms with Gasteiger partial charge in [-0.2, -0.15) is 0 Å². The van der Waals surface area contributed by atoms with Crippen LogP contribution >= 0.6 is 0 Å². The van der Waals surface area contributed by atoms with Crippen molar-refractivity contribution in [2.75, 3.05) is 6.61 Å². The Morgan fingerprint density at radius 1 is 0.935 bits per heavy atom. The molecule has 2 N–H and O–H groups in total. The van der Waals surface area contributed by atoms with Crippen molar-refractivity contribution in [3.05, 3.63) is 59.9 Å². The van der Waals surface area contributed by atoms with Crippen LogP contribution in [-0.4, -0.2) is 33.8 Å². The number of carbonyl (C=O) groups is 3. The number of nitrogens with zero attached hydrogens (tertiary/aromatic N) is 2. The van der Waals surface area contributed by atoms with Gasteiger partial charge in [-0.1, -0.05) is 19.1 Å². The average molecular weight is 422 g/mol. The molecule has 0 radical (unpaired) electrons. The molecule has 0 saturated heterocycles. The maximum Gasteiger partial charge on any atom is 0.258 e. The zero-order chi connectivity index (χ0) is 22.2. The van der Waals surface area contributed by atoms with Gasteiger partial charge in [0.25, 0.3) is 5.91 Å². The fourth-order valence-electron chi connectivity index (χ4n) is 3.23. The Morgan fingerprint density at radius 3 is 2.35 bits per heavy atom. The van der Waals surface area contributed by atoms with Gasteiger partial charge < -0.3 is 9.30 Å². The number of Topliss-reactive ketones (excluding diaryl/α,β-unsaturated/α-hetero) is 1. The molecule has 3 rings (SSSR count). The predicted octanol–water partition coefficient (Wildman–Crippen LogP) is 2.81. The van der Waals surface area contributed by atoms with Crippen LogP contribution in [0.4, 0.5) is 0 Å². The third kappa shape index (κ3) is 5.69. The lowest BCUT2D eigenvalue weighted by atomic mass is 10.1. The Bertz CT molecular complexity index is 1070. The zero-order valence-corrected chi connectivity index (χ0v) is 17.7. The minimum atomic E-state index is -0.432. The number of amides is 2. The van der Waals surface area contributed by atoms with Crippen LogP contribution in [0, 0.1) is 0 Å². The average Bonchev–Trinajstić information content (AvgIpc) is 3.14. The van der Waals surface area contributed by atoms with Gasteiger partial charge >= 0.3 is 0 Å². The summed E-state index contributed by atoms with van der Waals surface area (Å²) in [4.78, 5) is 41.1. The topological polar surface area (TPSA) is 102 Å². The first-order valence-electron chi connectivity index (χ1n) is 10.3. The molecule has 2 amide bonds. The van der Waals surface area contributed by atoms with E-state index in [0.717, 1.165) is 16.9 Å². The lowest BCUT2D eigenvalue weighted by molar-refractivity contribution is -0.129. The highest BCUT2D eigenvalue weighted by atomic mass is 16.5. The van der Waals surface area contributed by atoms with E-state index >= 15 is 0 Å². The van der Waals surface area contributed by atoms with Crippen LogP contribution < -0.4 is 15.6 Å². The summed E-state index contributed by atoms with van der Waals surface area (Å²) in [5, 5.41) is 0. The van der Waals surface area contributed by atoms with Gasteiger partial charge in [0.05, 0.1) is 17.6 Å². The van der Waals surface area contributed by atoms with Gasteiger partial charge in [0.1, 0.15) is 18.1 Å². The third-order valence-electron chi connectivity index (χ3n) is 4.76. The van der Waals surface area contributed by atoms with Crippen molar-refractivity contribution in [3.8, 4) is 5.75 Å². The second kappa shape index (κ2) is 10.4. The number of hydrogen-bond acceptors (Lipinski definition) is 5. The summed E-state index contributed by atoms with van der Waals surface area (Å²) in [7, 11) is 0. The number of nitrogens with one attached hydrogen (secondary N) is 2. The molecule has 0 atom stereocenters. The highest BCUT2D eigenvalue weighted by Gasteiger charge is 2.14. The van der Waals surface area contributed by atoms with Crippen molar-refractivity contribution < 1.29 is 19.1 Å². The Hall–Kier alpha value is -3.68. The van der Waals surface area contributed by atoms with Crippen molar-refractivity contribution in [1.29, 1.82) is 0 Å². The van der Waals surface area contributed by atoms with E-state index in [1.807, 2.05) is 42.7 Å². The Balaban J connectivity index is 1.47. The van der Waals surface area contributed by atoms with Gasteiger partial charge in [-0.15, -0.1) is 0 Å². The monoisotopic (exact) mass is 422 g/mol. The zero-order valence-electron chi connectivity index (χ0n) is 17.7. The van der Waals surface area contributed by atoms with Gasteiger partial charge in [0.2, 0.25) is 5.91 Å². The second-order valence-electron chi connectivity index (χ2n) is 6.93. The molecule has 0 saturated carbocycles. The minimum absolute atomic E-state index is 0.0272. The fourth-order valence-corrected chi connectivity index (χ4v) is 3.23. The van der Waals surface area contributed by atoms with Crippen LogP contribution in [0.15, 0.2) is 48.5 Å². The third-order valence-corrected chi connectivity index (χ3v) is 4.76. The number of fused-ring (bicyclic) bond motifs is 1. The number of para-hydroxylation sites is 2. The minimum Gasteiger partial charge on any atom is -0.494 e. The van der Waals surface area contributed by atoms with Gasteiger partial charge in [-0.05, 0) is 43.3 Å². The standard InChI is InChI=1S/C23H26N4O4/c1-3-21-24-18-7-5-6-8-19(18)27(21)15-23(30)26-25-22(29)14-13-20(28)16-9-11-17(12-10-16)31-4-2/h5-12H,3-4,13-15H2,1-2H3,(H,25,29)(H,26,30). The van der Waals surface area contributed by atoms with E-state index in [1.54, 1.807) is 24.3 Å². The maximum atomic E-state index is 12.3. The van der Waals surface area contributed by atoms with Crippen molar-refractivity contribution in [1.82, 2.24) is 20.4 Å². The first-order chi connectivity index (χ1) is 15.0. The maximum absolute atomic E-state index is 12.3. The van der Waals surface area contributed by atoms with Crippen molar-refractivity contribution in [3.63, 3.8) is 0 Å². The molecule has 0 spiro atoms. The Labute approximate surface area is 180 Å². The first-order valence-corrected chi connectivity index (χ1v) is 10.3. The molecule has 0 fully saturated rings. The summed E-state index contributed by atoms with van der Waals surface area (Å²) in [6, 6.07) is 14.4. The summed E-state index contributed by atoms with van der Waals surface area (Å²) in [5.74, 6) is 0.532. The van der Waals surface area contributed by atoms with Crippen LogP contribution in [0.5, 0.6) is 5.75 Å². The van der Waals surface area contributed by atoms with Gasteiger partial charge in [0.15, 0.2) is 5.78 Å². The van der Waals surface area contributed by atoms with E-state index < -0.39 is 5.91 Å². The van der Waals surface area contributed by atoms with Crippen LogP contribution in [0.25, 0.3) is 11.0 Å². The Kier molecular flexibility index (Phi) is 7.37. The lowest BCUT2D eigenvalue weighted by Gasteiger charge is -2.10. The number of rotatable bonds is 9. The summed E-state index contributed by atoms with van der Waals surface area (Å²) < 4.78 is 7.17. The number of imidazole rings is 1. The van der Waals surface area contributed by atoms with Crippen LogP contribution in [0.1, 0.15) is 42.9 Å². The molecule has 0 bridgehead atoms. The molecular weight excluding hydrogens is 396 g/mol. The quantitative estimate of drug-likeness (QED) is 0.408. The van der Waals surface area contributed by atoms with Gasteiger partial charge in [-0.25, -0.2) is 4.98 Å². The highest BCUT2D eigenvalue weighted by molar-refractivity contribution is 5.98. The predicted molar refractivity (Wildman–Crippen MR) is 117 cm³/mol. The van der Waals surface area contributed by atoms with Gasteiger partial charge in [0, 0.05) is 24.8 Å². The summed E-state index contributed by atoms with van der Waals surface area (Å²) >= 11 is 0. The van der Waals surface area contributed by atoms with E-state index in [-0.39, 0.29) is 31.1 Å². The number of aromatic nitrogens is 2. The van der Waals surface area contributed by atoms with Crippen LogP contribution in [0.2, 0.25) is 0 Å². The Morgan fingerprint density at radius 2 is 1.65 bits per heavy atom. The number of hydrazine groups is 1. The molecule has 31 heavy (non-hydrogen) atoms. The number of aryl methyl sites for hydroxylation is 1. The molecule has 1 heterocycles. The first kappa shape index (κ1) is 22.0. The second-order valence-corrected chi connectivity index (χ2v) is 6.93. The largest absolute Gasteiger partial charge is 0.494 e. The number of carbonyl (C=O) groups excluding carboxylic acids is 3. The van der Waals surface area contributed by atoms with E-state index in [9.17, 15) is 14.4 Å². The number of benzene rings is 2. The van der Waals surface area contributed by atoms with E-state index in [0.29, 0.717) is 24.3 Å². The number of hydrogen-bond donors (Lipinski definition) is 2. The number of ether oxygens (including phenoxy) is 1. The molecule has 3 aromatic rings. The molecule has 1 aromatic heterocycles. The van der Waals surface area contributed by atoms with Crippen LogP contribution in [0.3, 0.4) is 0 Å². The molecule has 0 aliphatic rings.